The zero-order valence-corrected chi connectivity index (χ0v) is 18.1. The number of amides is 2. The Labute approximate surface area is 190 Å². The van der Waals surface area contributed by atoms with Crippen molar-refractivity contribution in [3.05, 3.63) is 95.2 Å². The van der Waals surface area contributed by atoms with Crippen LogP contribution in [0.3, 0.4) is 0 Å². The zero-order valence-electron chi connectivity index (χ0n) is 18.1. The van der Waals surface area contributed by atoms with Crippen molar-refractivity contribution in [1.82, 2.24) is 10.6 Å². The van der Waals surface area contributed by atoms with Crippen LogP contribution in [-0.4, -0.2) is 25.1 Å². The second kappa shape index (κ2) is 9.40. The van der Waals surface area contributed by atoms with E-state index < -0.39 is 24.0 Å². The van der Waals surface area contributed by atoms with Gasteiger partial charge in [-0.25, -0.2) is 14.4 Å². The van der Waals surface area contributed by atoms with Crippen LogP contribution in [0.5, 0.6) is 5.75 Å². The number of ether oxygens (including phenoxy) is 2. The SMILES string of the molecule is COC(=O)C1=C(C)NC(=O)N[C@@H]1c1c(OC(=O)/C=C\c2ccccc2)ccc2ccccc12. The van der Waals surface area contributed by atoms with E-state index in [0.717, 1.165) is 16.3 Å². The summed E-state index contributed by atoms with van der Waals surface area (Å²) in [5.41, 5.74) is 1.94. The van der Waals surface area contributed by atoms with Gasteiger partial charge in [-0.05, 0) is 35.4 Å². The Morgan fingerprint density at radius 1 is 0.970 bits per heavy atom. The van der Waals surface area contributed by atoms with Crippen molar-refractivity contribution < 1.29 is 23.9 Å². The average Bonchev–Trinajstić information content (AvgIpc) is 2.82. The first kappa shape index (κ1) is 21.8. The van der Waals surface area contributed by atoms with E-state index in [1.54, 1.807) is 19.1 Å². The second-order valence-electron chi connectivity index (χ2n) is 7.43. The molecular formula is C26H22N2O5. The predicted octanol–water partition coefficient (Wildman–Crippen LogP) is 4.26. The highest BCUT2D eigenvalue weighted by Crippen LogP contribution is 2.38. The summed E-state index contributed by atoms with van der Waals surface area (Å²) < 4.78 is 10.6. The molecule has 1 atom stereocenters. The fraction of sp³-hybridized carbons (Fsp3) is 0.115. The third kappa shape index (κ3) is 4.62. The number of hydrogen-bond acceptors (Lipinski definition) is 5. The largest absolute Gasteiger partial charge is 0.466 e. The number of nitrogens with one attached hydrogen (secondary N) is 2. The smallest absolute Gasteiger partial charge is 0.337 e. The molecule has 3 aromatic carbocycles. The van der Waals surface area contributed by atoms with E-state index in [1.807, 2.05) is 60.7 Å². The van der Waals surface area contributed by atoms with Crippen LogP contribution in [-0.2, 0) is 14.3 Å². The summed E-state index contributed by atoms with van der Waals surface area (Å²) in [5, 5.41) is 6.97. The maximum absolute atomic E-state index is 12.6. The summed E-state index contributed by atoms with van der Waals surface area (Å²) in [4.78, 5) is 37.6. The highest BCUT2D eigenvalue weighted by Gasteiger charge is 2.35. The highest BCUT2D eigenvalue weighted by molar-refractivity contribution is 5.98. The fourth-order valence-corrected chi connectivity index (χ4v) is 3.82. The summed E-state index contributed by atoms with van der Waals surface area (Å²) in [6.07, 6.45) is 2.98. The third-order valence-electron chi connectivity index (χ3n) is 5.32. The van der Waals surface area contributed by atoms with E-state index in [0.29, 0.717) is 11.3 Å². The van der Waals surface area contributed by atoms with Crippen molar-refractivity contribution in [2.45, 2.75) is 13.0 Å². The Bertz CT molecular complexity index is 1290. The van der Waals surface area contributed by atoms with Gasteiger partial charge in [0.2, 0.25) is 0 Å². The van der Waals surface area contributed by atoms with E-state index in [2.05, 4.69) is 10.6 Å². The minimum absolute atomic E-state index is 0.227. The van der Waals surface area contributed by atoms with Crippen LogP contribution < -0.4 is 15.4 Å². The number of carbonyl (C=O) groups excluding carboxylic acids is 3. The van der Waals surface area contributed by atoms with Crippen LogP contribution in [0.15, 0.2) is 84.1 Å². The van der Waals surface area contributed by atoms with Crippen molar-refractivity contribution in [2.75, 3.05) is 7.11 Å². The van der Waals surface area contributed by atoms with Crippen molar-refractivity contribution in [3.63, 3.8) is 0 Å². The van der Waals surface area contributed by atoms with Gasteiger partial charge in [0.1, 0.15) is 5.75 Å². The molecule has 1 heterocycles. The average molecular weight is 442 g/mol. The fourth-order valence-electron chi connectivity index (χ4n) is 3.82. The molecule has 0 aromatic heterocycles. The summed E-state index contributed by atoms with van der Waals surface area (Å²) in [5.74, 6) is -0.951. The molecular weight excluding hydrogens is 420 g/mol. The molecule has 0 saturated carbocycles. The molecule has 4 rings (SSSR count). The maximum Gasteiger partial charge on any atom is 0.337 e. The summed E-state index contributed by atoms with van der Waals surface area (Å²) >= 11 is 0. The molecule has 0 aliphatic carbocycles. The first-order valence-corrected chi connectivity index (χ1v) is 10.3. The lowest BCUT2D eigenvalue weighted by atomic mass is 9.90. The van der Waals surface area contributed by atoms with Crippen LogP contribution in [0.1, 0.15) is 24.1 Å². The first-order chi connectivity index (χ1) is 16.0. The lowest BCUT2D eigenvalue weighted by Gasteiger charge is -2.29. The Balaban J connectivity index is 1.80. The highest BCUT2D eigenvalue weighted by atomic mass is 16.5. The molecule has 2 N–H and O–H groups in total. The van der Waals surface area contributed by atoms with Gasteiger partial charge in [0.25, 0.3) is 0 Å². The van der Waals surface area contributed by atoms with Crippen LogP contribution in [0.4, 0.5) is 4.79 Å². The molecule has 7 heteroatoms. The number of urea groups is 1. The quantitative estimate of drug-likeness (QED) is 0.350. The molecule has 0 unspecified atom stereocenters. The standard InChI is InChI=1S/C26H22N2O5/c1-16-22(25(30)32-2)24(28-26(31)27-16)23-19-11-7-6-10-18(19)13-14-20(23)33-21(29)15-12-17-8-4-3-5-9-17/h3-15,24H,1-2H3,(H2,27,28,31)/b15-12-/t24-/m0/s1. The molecule has 1 aliphatic rings. The monoisotopic (exact) mass is 442 g/mol. The van der Waals surface area contributed by atoms with Gasteiger partial charge in [0.05, 0.1) is 18.7 Å². The summed E-state index contributed by atoms with van der Waals surface area (Å²) in [6.45, 7) is 1.62. The molecule has 3 aromatic rings. The normalized spacial score (nSPS) is 15.8. The molecule has 1 aliphatic heterocycles. The van der Waals surface area contributed by atoms with Gasteiger partial charge in [0, 0.05) is 17.3 Å². The van der Waals surface area contributed by atoms with Crippen LogP contribution >= 0.6 is 0 Å². The number of benzene rings is 3. The van der Waals surface area contributed by atoms with Crippen LogP contribution in [0, 0.1) is 0 Å². The number of rotatable bonds is 5. The van der Waals surface area contributed by atoms with E-state index in [1.165, 1.54) is 13.2 Å². The number of allylic oxidation sites excluding steroid dienone is 1. The summed E-state index contributed by atoms with van der Waals surface area (Å²) in [6, 6.07) is 19.0. The zero-order chi connectivity index (χ0) is 23.4. The molecule has 166 valence electrons. The number of carbonyl (C=O) groups is 3. The number of fused-ring (bicyclic) bond motifs is 1. The van der Waals surface area contributed by atoms with E-state index in [4.69, 9.17) is 9.47 Å². The minimum atomic E-state index is -0.877. The molecule has 0 bridgehead atoms. The van der Waals surface area contributed by atoms with Gasteiger partial charge in [-0.2, -0.15) is 0 Å². The van der Waals surface area contributed by atoms with Crippen LogP contribution in [0.2, 0.25) is 0 Å². The minimum Gasteiger partial charge on any atom is -0.466 e. The van der Waals surface area contributed by atoms with E-state index >= 15 is 0 Å². The van der Waals surface area contributed by atoms with Gasteiger partial charge in [-0.1, -0.05) is 60.7 Å². The molecule has 0 saturated heterocycles. The molecule has 2 amide bonds. The van der Waals surface area contributed by atoms with Crippen molar-refractivity contribution >= 4 is 34.8 Å². The second-order valence-corrected chi connectivity index (χ2v) is 7.43. The first-order valence-electron chi connectivity index (χ1n) is 10.3. The number of hydrogen-bond donors (Lipinski definition) is 2. The molecule has 0 fully saturated rings. The van der Waals surface area contributed by atoms with E-state index in [-0.39, 0.29) is 11.3 Å². The predicted molar refractivity (Wildman–Crippen MR) is 124 cm³/mol. The van der Waals surface area contributed by atoms with Gasteiger partial charge >= 0.3 is 18.0 Å². The van der Waals surface area contributed by atoms with Gasteiger partial charge < -0.3 is 20.1 Å². The van der Waals surface area contributed by atoms with Gasteiger partial charge in [-0.15, -0.1) is 0 Å². The molecule has 7 nitrogen and oxygen atoms in total. The lowest BCUT2D eigenvalue weighted by Crippen LogP contribution is -2.45. The van der Waals surface area contributed by atoms with Crippen molar-refractivity contribution in [2.24, 2.45) is 0 Å². The Hall–Kier alpha value is -4.39. The topological polar surface area (TPSA) is 93.7 Å². The number of methoxy groups -OCH3 is 1. The Kier molecular flexibility index (Phi) is 6.22. The molecule has 33 heavy (non-hydrogen) atoms. The van der Waals surface area contributed by atoms with Gasteiger partial charge in [-0.3, -0.25) is 0 Å². The Morgan fingerprint density at radius 2 is 1.70 bits per heavy atom. The lowest BCUT2D eigenvalue weighted by molar-refractivity contribution is -0.136. The van der Waals surface area contributed by atoms with Gasteiger partial charge in [0.15, 0.2) is 0 Å². The summed E-state index contributed by atoms with van der Waals surface area (Å²) in [7, 11) is 1.27. The molecule has 0 spiro atoms. The Morgan fingerprint density at radius 3 is 2.45 bits per heavy atom. The van der Waals surface area contributed by atoms with E-state index in [9.17, 15) is 14.4 Å². The third-order valence-corrected chi connectivity index (χ3v) is 5.32. The van der Waals surface area contributed by atoms with Crippen molar-refractivity contribution in [3.8, 4) is 5.75 Å². The maximum atomic E-state index is 12.6. The van der Waals surface area contributed by atoms with Crippen LogP contribution in [0.25, 0.3) is 16.8 Å². The van der Waals surface area contributed by atoms with Crippen molar-refractivity contribution in [1.29, 1.82) is 0 Å². The number of esters is 2. The molecule has 0 radical (unpaired) electrons.